The molecule has 2 N–H and O–H groups in total. The quantitative estimate of drug-likeness (QED) is 0.740. The van der Waals surface area contributed by atoms with Crippen molar-refractivity contribution in [2.24, 2.45) is 0 Å². The third-order valence-corrected chi connectivity index (χ3v) is 4.74. The summed E-state index contributed by atoms with van der Waals surface area (Å²) in [7, 11) is 1.55. The van der Waals surface area contributed by atoms with Gasteiger partial charge >= 0.3 is 0 Å². The standard InChI is InChI=1S/C16H15IN4O2/c1-23-14-5-12-11(4-9(14)6-18)13(17)8-20-16(12)19-7-10-2-3-15(22)21-10/h4-5,8,10H,2-3,7H2,1H3,(H,19,20)(H,21,22). The van der Waals surface area contributed by atoms with Crippen LogP contribution in [0.15, 0.2) is 18.3 Å². The fraction of sp³-hybridized carbons (Fsp3) is 0.312. The van der Waals surface area contributed by atoms with Gasteiger partial charge in [0, 0.05) is 39.5 Å². The lowest BCUT2D eigenvalue weighted by molar-refractivity contribution is -0.119. The minimum Gasteiger partial charge on any atom is -0.495 e. The van der Waals surface area contributed by atoms with Crippen molar-refractivity contribution in [3.63, 3.8) is 0 Å². The van der Waals surface area contributed by atoms with Crippen molar-refractivity contribution in [3.8, 4) is 11.8 Å². The SMILES string of the molecule is COc1cc2c(NCC3CCC(=O)N3)ncc(I)c2cc1C#N. The van der Waals surface area contributed by atoms with Crippen LogP contribution in [0.5, 0.6) is 5.75 Å². The highest BCUT2D eigenvalue weighted by Crippen LogP contribution is 2.32. The fourth-order valence-corrected chi connectivity index (χ4v) is 3.27. The Balaban J connectivity index is 1.95. The molecule has 23 heavy (non-hydrogen) atoms. The van der Waals surface area contributed by atoms with Gasteiger partial charge in [-0.25, -0.2) is 4.98 Å². The third kappa shape index (κ3) is 3.17. The summed E-state index contributed by atoms with van der Waals surface area (Å²) in [5.41, 5.74) is 0.498. The summed E-state index contributed by atoms with van der Waals surface area (Å²) in [6, 6.07) is 5.93. The number of fused-ring (bicyclic) bond motifs is 1. The van der Waals surface area contributed by atoms with E-state index in [9.17, 15) is 10.1 Å². The number of halogens is 1. The topological polar surface area (TPSA) is 87.0 Å². The van der Waals surface area contributed by atoms with Crippen LogP contribution in [0.25, 0.3) is 10.8 Å². The lowest BCUT2D eigenvalue weighted by Gasteiger charge is -2.15. The molecule has 0 radical (unpaired) electrons. The van der Waals surface area contributed by atoms with Crippen LogP contribution < -0.4 is 15.4 Å². The maximum atomic E-state index is 11.3. The van der Waals surface area contributed by atoms with E-state index >= 15 is 0 Å². The third-order valence-electron chi connectivity index (χ3n) is 3.88. The number of amides is 1. The zero-order chi connectivity index (χ0) is 16.4. The first-order valence-electron chi connectivity index (χ1n) is 7.22. The molecule has 0 aliphatic carbocycles. The highest BCUT2D eigenvalue weighted by Gasteiger charge is 2.21. The molecule has 1 aromatic heterocycles. The molecule has 0 spiro atoms. The molecule has 1 aliphatic rings. The van der Waals surface area contributed by atoms with Crippen molar-refractivity contribution in [3.05, 3.63) is 27.5 Å². The number of carbonyl (C=O) groups is 1. The van der Waals surface area contributed by atoms with Crippen LogP contribution in [-0.2, 0) is 4.79 Å². The molecule has 0 saturated carbocycles. The monoisotopic (exact) mass is 422 g/mol. The fourth-order valence-electron chi connectivity index (χ4n) is 2.68. The Hall–Kier alpha value is -2.08. The number of nitrogens with zero attached hydrogens (tertiary/aromatic N) is 2. The van der Waals surface area contributed by atoms with E-state index in [4.69, 9.17) is 4.74 Å². The first kappa shape index (κ1) is 15.8. The Morgan fingerprint density at radius 3 is 3.00 bits per heavy atom. The summed E-state index contributed by atoms with van der Waals surface area (Å²) in [6.45, 7) is 0.622. The van der Waals surface area contributed by atoms with Crippen LogP contribution in [-0.4, -0.2) is 30.6 Å². The van der Waals surface area contributed by atoms with Gasteiger partial charge in [-0.15, -0.1) is 0 Å². The predicted octanol–water partition coefficient (Wildman–Crippen LogP) is 2.41. The van der Waals surface area contributed by atoms with Gasteiger partial charge in [-0.1, -0.05) is 0 Å². The number of hydrogen-bond acceptors (Lipinski definition) is 5. The lowest BCUT2D eigenvalue weighted by atomic mass is 10.1. The molecule has 1 aliphatic heterocycles. The van der Waals surface area contributed by atoms with Crippen molar-refractivity contribution in [2.75, 3.05) is 19.0 Å². The van der Waals surface area contributed by atoms with Gasteiger partial charge < -0.3 is 15.4 Å². The van der Waals surface area contributed by atoms with Crippen molar-refractivity contribution >= 4 is 45.1 Å². The van der Waals surface area contributed by atoms with Crippen LogP contribution in [0.4, 0.5) is 5.82 Å². The average molecular weight is 422 g/mol. The number of pyridine rings is 1. The van der Waals surface area contributed by atoms with Gasteiger partial charge in [0.15, 0.2) is 0 Å². The van der Waals surface area contributed by atoms with E-state index in [1.54, 1.807) is 13.3 Å². The Labute approximate surface area is 147 Å². The molecule has 118 valence electrons. The number of aromatic nitrogens is 1. The number of benzene rings is 1. The maximum Gasteiger partial charge on any atom is 0.220 e. The highest BCUT2D eigenvalue weighted by atomic mass is 127. The second-order valence-electron chi connectivity index (χ2n) is 5.35. The molecule has 1 atom stereocenters. The predicted molar refractivity (Wildman–Crippen MR) is 95.4 cm³/mol. The van der Waals surface area contributed by atoms with Gasteiger partial charge in [0.05, 0.1) is 12.7 Å². The minimum absolute atomic E-state index is 0.0950. The molecule has 1 fully saturated rings. The van der Waals surface area contributed by atoms with Crippen molar-refractivity contribution < 1.29 is 9.53 Å². The highest BCUT2D eigenvalue weighted by molar-refractivity contribution is 14.1. The molecular formula is C16H15IN4O2. The number of hydrogen-bond donors (Lipinski definition) is 2. The smallest absolute Gasteiger partial charge is 0.220 e. The molecule has 1 saturated heterocycles. The van der Waals surface area contributed by atoms with Crippen molar-refractivity contribution in [1.82, 2.24) is 10.3 Å². The molecule has 1 amide bonds. The van der Waals surface area contributed by atoms with Crippen molar-refractivity contribution in [2.45, 2.75) is 18.9 Å². The van der Waals surface area contributed by atoms with Gasteiger partial charge in [-0.05, 0) is 41.1 Å². The number of nitriles is 1. The summed E-state index contributed by atoms with van der Waals surface area (Å²) in [5, 5.41) is 17.3. The van der Waals surface area contributed by atoms with E-state index in [1.807, 2.05) is 12.1 Å². The van der Waals surface area contributed by atoms with Crippen LogP contribution in [0.2, 0.25) is 0 Å². The molecule has 1 aromatic carbocycles. The summed E-state index contributed by atoms with van der Waals surface area (Å²) in [6.07, 6.45) is 3.18. The molecule has 3 rings (SSSR count). The minimum atomic E-state index is 0.0950. The van der Waals surface area contributed by atoms with E-state index in [2.05, 4.69) is 44.3 Å². The molecule has 0 bridgehead atoms. The molecular weight excluding hydrogens is 407 g/mol. The maximum absolute atomic E-state index is 11.3. The number of ether oxygens (including phenoxy) is 1. The molecule has 7 heteroatoms. The van der Waals surface area contributed by atoms with Gasteiger partial charge in [-0.2, -0.15) is 5.26 Å². The van der Waals surface area contributed by atoms with Crippen LogP contribution in [0, 0.1) is 14.9 Å². The first-order valence-corrected chi connectivity index (χ1v) is 8.30. The first-order chi connectivity index (χ1) is 11.1. The zero-order valence-electron chi connectivity index (χ0n) is 12.5. The summed E-state index contributed by atoms with van der Waals surface area (Å²) >= 11 is 2.20. The van der Waals surface area contributed by atoms with Crippen molar-refractivity contribution in [1.29, 1.82) is 5.26 Å². The van der Waals surface area contributed by atoms with E-state index in [0.717, 1.165) is 26.6 Å². The van der Waals surface area contributed by atoms with Gasteiger partial charge in [-0.3, -0.25) is 4.79 Å². The van der Waals surface area contributed by atoms with Gasteiger partial charge in [0.1, 0.15) is 17.6 Å². The van der Waals surface area contributed by atoms with E-state index in [0.29, 0.717) is 24.3 Å². The Bertz CT molecular complexity index is 816. The molecule has 1 unspecified atom stereocenters. The number of nitrogens with one attached hydrogen (secondary N) is 2. The number of anilines is 1. The Morgan fingerprint density at radius 1 is 1.52 bits per heavy atom. The summed E-state index contributed by atoms with van der Waals surface area (Å²) in [5.74, 6) is 1.35. The summed E-state index contributed by atoms with van der Waals surface area (Å²) < 4.78 is 6.26. The van der Waals surface area contributed by atoms with E-state index in [1.165, 1.54) is 0 Å². The van der Waals surface area contributed by atoms with Crippen LogP contribution >= 0.6 is 22.6 Å². The lowest BCUT2D eigenvalue weighted by Crippen LogP contribution is -2.32. The second-order valence-corrected chi connectivity index (χ2v) is 6.51. The van der Waals surface area contributed by atoms with Gasteiger partial charge in [0.2, 0.25) is 5.91 Å². The molecule has 6 nitrogen and oxygen atoms in total. The van der Waals surface area contributed by atoms with E-state index in [-0.39, 0.29) is 11.9 Å². The normalized spacial score (nSPS) is 16.9. The Kier molecular flexibility index (Phi) is 4.52. The largest absolute Gasteiger partial charge is 0.495 e. The van der Waals surface area contributed by atoms with Gasteiger partial charge in [0.25, 0.3) is 0 Å². The number of rotatable bonds is 4. The Morgan fingerprint density at radius 2 is 2.35 bits per heavy atom. The van der Waals surface area contributed by atoms with E-state index < -0.39 is 0 Å². The summed E-state index contributed by atoms with van der Waals surface area (Å²) in [4.78, 5) is 15.7. The molecule has 2 heterocycles. The zero-order valence-corrected chi connectivity index (χ0v) is 14.7. The van der Waals surface area contributed by atoms with Crippen LogP contribution in [0.1, 0.15) is 18.4 Å². The molecule has 2 aromatic rings. The second kappa shape index (κ2) is 6.58. The number of carbonyl (C=O) groups excluding carboxylic acids is 1. The van der Waals surface area contributed by atoms with Crippen LogP contribution in [0.3, 0.4) is 0 Å². The number of methoxy groups -OCH3 is 1. The average Bonchev–Trinajstić information content (AvgIpc) is 2.98.